The molecule has 0 saturated heterocycles. The Labute approximate surface area is 161 Å². The zero-order valence-electron chi connectivity index (χ0n) is 14.9. The number of esters is 1. The maximum Gasteiger partial charge on any atom is 0.338 e. The molecule has 0 aliphatic rings. The smallest absolute Gasteiger partial charge is 0.338 e. The van der Waals surface area contributed by atoms with Crippen molar-refractivity contribution in [1.82, 2.24) is 5.32 Å². The first kappa shape index (κ1) is 18.6. The molecule has 0 bridgehead atoms. The van der Waals surface area contributed by atoms with Gasteiger partial charge in [-0.15, -0.1) is 0 Å². The van der Waals surface area contributed by atoms with Gasteiger partial charge in [0, 0.05) is 16.6 Å². The minimum absolute atomic E-state index is 0.128. The van der Waals surface area contributed by atoms with Crippen molar-refractivity contribution in [3.05, 3.63) is 65.4 Å². The van der Waals surface area contributed by atoms with Crippen LogP contribution in [-0.2, 0) is 4.74 Å². The highest BCUT2D eigenvalue weighted by molar-refractivity contribution is 7.80. The Kier molecular flexibility index (Phi) is 5.52. The van der Waals surface area contributed by atoms with E-state index in [1.165, 1.54) is 0 Å². The molecule has 27 heavy (non-hydrogen) atoms. The Morgan fingerprint density at radius 3 is 2.48 bits per heavy atom. The summed E-state index contributed by atoms with van der Waals surface area (Å²) in [6.07, 6.45) is 0. The minimum atomic E-state index is -0.427. The lowest BCUT2D eigenvalue weighted by Gasteiger charge is -2.09. The zero-order chi connectivity index (χ0) is 19.4. The summed E-state index contributed by atoms with van der Waals surface area (Å²) < 4.78 is 10.6. The maximum absolute atomic E-state index is 12.5. The number of rotatable bonds is 4. The molecule has 1 aromatic heterocycles. The molecule has 0 aliphatic heterocycles. The van der Waals surface area contributed by atoms with Gasteiger partial charge in [-0.05, 0) is 56.4 Å². The zero-order valence-corrected chi connectivity index (χ0v) is 15.7. The van der Waals surface area contributed by atoms with Crippen LogP contribution >= 0.6 is 12.2 Å². The van der Waals surface area contributed by atoms with Gasteiger partial charge in [0.05, 0.1) is 12.2 Å². The number of hydrogen-bond acceptors (Lipinski definition) is 5. The van der Waals surface area contributed by atoms with Gasteiger partial charge in [-0.2, -0.15) is 0 Å². The average molecular weight is 382 g/mol. The Balaban J connectivity index is 1.65. The molecule has 0 spiro atoms. The van der Waals surface area contributed by atoms with E-state index in [1.807, 2.05) is 25.1 Å². The van der Waals surface area contributed by atoms with Crippen LogP contribution in [0.4, 0.5) is 5.69 Å². The predicted octanol–water partition coefficient (Wildman–Crippen LogP) is 4.04. The third-order valence-electron chi connectivity index (χ3n) is 3.93. The molecule has 3 rings (SSSR count). The molecule has 7 heteroatoms. The average Bonchev–Trinajstić information content (AvgIpc) is 2.99. The Morgan fingerprint density at radius 1 is 1.11 bits per heavy atom. The topological polar surface area (TPSA) is 80.6 Å². The van der Waals surface area contributed by atoms with E-state index >= 15 is 0 Å². The lowest BCUT2D eigenvalue weighted by Crippen LogP contribution is -2.34. The molecule has 2 N–H and O–H groups in total. The maximum atomic E-state index is 12.5. The fraction of sp³-hybridized carbons (Fsp3) is 0.150. The molecule has 138 valence electrons. The summed E-state index contributed by atoms with van der Waals surface area (Å²) in [5, 5.41) is 6.51. The number of aryl methyl sites for hydroxylation is 1. The highest BCUT2D eigenvalue weighted by atomic mass is 32.1. The third kappa shape index (κ3) is 4.15. The van der Waals surface area contributed by atoms with Crippen LogP contribution in [0.2, 0.25) is 0 Å². The number of para-hydroxylation sites is 1. The van der Waals surface area contributed by atoms with E-state index in [1.54, 1.807) is 37.3 Å². The van der Waals surface area contributed by atoms with E-state index in [0.29, 0.717) is 23.4 Å². The second-order valence-electron chi connectivity index (χ2n) is 5.76. The Morgan fingerprint density at radius 2 is 1.81 bits per heavy atom. The fourth-order valence-corrected chi connectivity index (χ4v) is 2.83. The summed E-state index contributed by atoms with van der Waals surface area (Å²) in [5.74, 6) is -0.595. The molecular formula is C20H18N2O4S. The molecule has 0 aliphatic carbocycles. The number of amides is 1. The van der Waals surface area contributed by atoms with E-state index < -0.39 is 5.91 Å². The van der Waals surface area contributed by atoms with Crippen molar-refractivity contribution in [2.24, 2.45) is 0 Å². The third-order valence-corrected chi connectivity index (χ3v) is 4.13. The monoisotopic (exact) mass is 382 g/mol. The molecule has 6 nitrogen and oxygen atoms in total. The fourth-order valence-electron chi connectivity index (χ4n) is 2.62. The molecule has 3 aromatic rings. The van der Waals surface area contributed by atoms with Crippen LogP contribution in [0, 0.1) is 6.92 Å². The van der Waals surface area contributed by atoms with E-state index in [4.69, 9.17) is 21.4 Å². The van der Waals surface area contributed by atoms with E-state index in [9.17, 15) is 9.59 Å². The highest BCUT2D eigenvalue weighted by Gasteiger charge is 2.18. The number of furan rings is 1. The van der Waals surface area contributed by atoms with Crippen LogP contribution < -0.4 is 10.6 Å². The number of anilines is 1. The largest absolute Gasteiger partial charge is 0.462 e. The number of ether oxygens (including phenoxy) is 1. The summed E-state index contributed by atoms with van der Waals surface area (Å²) >= 11 is 5.19. The number of nitrogens with one attached hydrogen (secondary N) is 2. The first-order valence-electron chi connectivity index (χ1n) is 8.37. The second kappa shape index (κ2) is 8.01. The van der Waals surface area contributed by atoms with Crippen molar-refractivity contribution in [3.63, 3.8) is 0 Å². The molecule has 0 fully saturated rings. The lowest BCUT2D eigenvalue weighted by atomic mass is 10.1. The molecule has 1 amide bonds. The van der Waals surface area contributed by atoms with Crippen molar-refractivity contribution in [3.8, 4) is 0 Å². The summed E-state index contributed by atoms with van der Waals surface area (Å²) in [5.41, 5.74) is 2.48. The Hall–Kier alpha value is -3.19. The molecule has 0 atom stereocenters. The van der Waals surface area contributed by atoms with Crippen LogP contribution in [0.5, 0.6) is 0 Å². The first-order chi connectivity index (χ1) is 13.0. The molecular weight excluding hydrogens is 364 g/mol. The van der Waals surface area contributed by atoms with Crippen molar-refractivity contribution in [1.29, 1.82) is 0 Å². The number of benzene rings is 2. The Bertz CT molecular complexity index is 1010. The summed E-state index contributed by atoms with van der Waals surface area (Å²) in [7, 11) is 0. The highest BCUT2D eigenvalue weighted by Crippen LogP contribution is 2.24. The van der Waals surface area contributed by atoms with Gasteiger partial charge in [0.25, 0.3) is 5.91 Å². The minimum Gasteiger partial charge on any atom is -0.462 e. The van der Waals surface area contributed by atoms with Gasteiger partial charge in [-0.3, -0.25) is 10.1 Å². The van der Waals surface area contributed by atoms with Gasteiger partial charge in [-0.1, -0.05) is 18.2 Å². The van der Waals surface area contributed by atoms with Crippen molar-refractivity contribution < 1.29 is 18.7 Å². The standard InChI is InChI=1S/C20H18N2O4S/c1-3-25-19(24)13-8-10-14(11-9-13)21-20(27)22-18(23)17-12(2)15-6-4-5-7-16(15)26-17/h4-11H,3H2,1-2H3,(H2,21,22,23,27). The number of carbonyl (C=O) groups is 2. The van der Waals surface area contributed by atoms with Gasteiger partial charge in [0.2, 0.25) is 0 Å². The van der Waals surface area contributed by atoms with E-state index in [0.717, 1.165) is 10.9 Å². The normalized spacial score (nSPS) is 10.4. The molecule has 2 aromatic carbocycles. The molecule has 0 radical (unpaired) electrons. The second-order valence-corrected chi connectivity index (χ2v) is 6.17. The summed E-state index contributed by atoms with van der Waals surface area (Å²) in [6, 6.07) is 14.0. The van der Waals surface area contributed by atoms with Gasteiger partial charge in [0.1, 0.15) is 5.58 Å². The number of carbonyl (C=O) groups excluding carboxylic acids is 2. The van der Waals surface area contributed by atoms with Crippen molar-refractivity contribution >= 4 is 45.9 Å². The predicted molar refractivity (Wildman–Crippen MR) is 107 cm³/mol. The van der Waals surface area contributed by atoms with Crippen LogP contribution in [0.25, 0.3) is 11.0 Å². The number of fused-ring (bicyclic) bond motifs is 1. The van der Waals surface area contributed by atoms with Gasteiger partial charge >= 0.3 is 5.97 Å². The van der Waals surface area contributed by atoms with Crippen molar-refractivity contribution in [2.75, 3.05) is 11.9 Å². The molecule has 0 saturated carbocycles. The molecule has 0 unspecified atom stereocenters. The summed E-state index contributed by atoms with van der Waals surface area (Å²) in [6.45, 7) is 3.89. The first-order valence-corrected chi connectivity index (χ1v) is 8.78. The number of thiocarbonyl (C=S) groups is 1. The quantitative estimate of drug-likeness (QED) is 0.523. The van der Waals surface area contributed by atoms with E-state index in [2.05, 4.69) is 10.6 Å². The lowest BCUT2D eigenvalue weighted by molar-refractivity contribution is 0.0526. The van der Waals surface area contributed by atoms with Crippen LogP contribution in [0.1, 0.15) is 33.4 Å². The van der Waals surface area contributed by atoms with Gasteiger partial charge in [-0.25, -0.2) is 4.79 Å². The van der Waals surface area contributed by atoms with Crippen LogP contribution in [0.3, 0.4) is 0 Å². The van der Waals surface area contributed by atoms with Crippen molar-refractivity contribution in [2.45, 2.75) is 13.8 Å². The molecule has 1 heterocycles. The van der Waals surface area contributed by atoms with Gasteiger partial charge in [0.15, 0.2) is 10.9 Å². The number of hydrogen-bond donors (Lipinski definition) is 2. The van der Waals surface area contributed by atoms with Gasteiger partial charge < -0.3 is 14.5 Å². The SMILES string of the molecule is CCOC(=O)c1ccc(NC(=S)NC(=O)c2oc3ccccc3c2C)cc1. The van der Waals surface area contributed by atoms with E-state index in [-0.39, 0.29) is 16.8 Å². The van der Waals surface area contributed by atoms with Crippen LogP contribution in [-0.4, -0.2) is 23.6 Å². The summed E-state index contributed by atoms with van der Waals surface area (Å²) in [4.78, 5) is 24.1. The van der Waals surface area contributed by atoms with Crippen LogP contribution in [0.15, 0.2) is 52.9 Å².